The van der Waals surface area contributed by atoms with E-state index in [-0.39, 0.29) is 6.10 Å². The number of aliphatic carboxylic acids is 2. The first-order chi connectivity index (χ1) is 16.4. The van der Waals surface area contributed by atoms with Gasteiger partial charge < -0.3 is 19.5 Å². The van der Waals surface area contributed by atoms with Crippen molar-refractivity contribution in [2.45, 2.75) is 32.0 Å². The van der Waals surface area contributed by atoms with Crippen LogP contribution in [0.15, 0.2) is 66.9 Å². The van der Waals surface area contributed by atoms with Crippen LogP contribution in [0.2, 0.25) is 5.02 Å². The summed E-state index contributed by atoms with van der Waals surface area (Å²) in [6.07, 6.45) is 4.64. The summed E-state index contributed by atoms with van der Waals surface area (Å²) in [6, 6.07) is 21.1. The van der Waals surface area contributed by atoms with Gasteiger partial charge in [-0.25, -0.2) is 9.59 Å². The lowest BCUT2D eigenvalue weighted by Crippen LogP contribution is -2.36. The second kappa shape index (κ2) is 10.8. The number of piperidine rings is 1. The molecule has 0 spiro atoms. The summed E-state index contributed by atoms with van der Waals surface area (Å²) < 4.78 is 8.95. The maximum Gasteiger partial charge on any atom is 0.414 e. The van der Waals surface area contributed by atoms with Gasteiger partial charge in [0.05, 0.1) is 12.2 Å². The Labute approximate surface area is 203 Å². The minimum absolute atomic E-state index is 0.135. The average Bonchev–Trinajstić information content (AvgIpc) is 3.22. The van der Waals surface area contributed by atoms with E-state index in [1.807, 2.05) is 12.1 Å². The second-order valence-corrected chi connectivity index (χ2v) is 8.99. The van der Waals surface area contributed by atoms with Gasteiger partial charge in [0.15, 0.2) is 0 Å². The molecule has 2 aromatic carbocycles. The Balaban J connectivity index is 0.000000408. The van der Waals surface area contributed by atoms with Crippen LogP contribution in [0.1, 0.15) is 35.8 Å². The number of fused-ring (bicyclic) bond motifs is 2. The van der Waals surface area contributed by atoms with Crippen LogP contribution < -0.4 is 4.74 Å². The fourth-order valence-corrected chi connectivity index (χ4v) is 4.69. The molecule has 1 saturated heterocycles. The smallest absolute Gasteiger partial charge is 0.414 e. The Morgan fingerprint density at radius 1 is 0.941 bits per heavy atom. The number of aromatic nitrogens is 1. The molecule has 7 nitrogen and oxygen atoms in total. The highest BCUT2D eigenvalue weighted by molar-refractivity contribution is 6.30. The number of carboxylic acid groups (broad SMARTS) is 2. The first-order valence-corrected chi connectivity index (χ1v) is 11.6. The van der Waals surface area contributed by atoms with Gasteiger partial charge in [-0.2, -0.15) is 0 Å². The third-order valence-corrected chi connectivity index (χ3v) is 6.54. The topological polar surface area (TPSA) is 92.0 Å². The molecule has 0 amide bonds. The molecule has 1 atom stereocenters. The first-order valence-electron chi connectivity index (χ1n) is 11.2. The van der Waals surface area contributed by atoms with Gasteiger partial charge in [0.2, 0.25) is 0 Å². The van der Waals surface area contributed by atoms with E-state index in [2.05, 4.69) is 64.2 Å². The Hall–Kier alpha value is -3.29. The Morgan fingerprint density at radius 2 is 1.62 bits per heavy atom. The maximum absolute atomic E-state index is 9.10. The molecule has 3 aromatic rings. The zero-order valence-electron chi connectivity index (χ0n) is 18.6. The number of rotatable bonds is 3. The number of para-hydroxylation sites is 1. The largest absolute Gasteiger partial charge is 0.484 e. The number of ether oxygens (including phenoxy) is 1. The summed E-state index contributed by atoms with van der Waals surface area (Å²) in [5.41, 5.74) is 3.91. The van der Waals surface area contributed by atoms with E-state index in [0.29, 0.717) is 5.92 Å². The second-order valence-electron chi connectivity index (χ2n) is 8.56. The van der Waals surface area contributed by atoms with Crippen molar-refractivity contribution in [2.75, 3.05) is 13.1 Å². The summed E-state index contributed by atoms with van der Waals surface area (Å²) >= 11 is 6.01. The summed E-state index contributed by atoms with van der Waals surface area (Å²) in [6.45, 7) is 4.10. The van der Waals surface area contributed by atoms with E-state index in [0.717, 1.165) is 49.8 Å². The molecule has 5 rings (SSSR count). The molecule has 34 heavy (non-hydrogen) atoms. The molecular formula is C26H27ClN2O5. The normalized spacial score (nSPS) is 17.9. The Morgan fingerprint density at radius 3 is 2.29 bits per heavy atom. The van der Waals surface area contributed by atoms with Crippen molar-refractivity contribution < 1.29 is 24.5 Å². The van der Waals surface area contributed by atoms with Gasteiger partial charge in [-0.1, -0.05) is 41.9 Å². The number of halogens is 1. The minimum Gasteiger partial charge on any atom is -0.484 e. The molecule has 0 saturated carbocycles. The molecule has 0 radical (unpaired) electrons. The van der Waals surface area contributed by atoms with Crippen molar-refractivity contribution >= 4 is 23.5 Å². The number of nitrogens with zero attached hydrogens (tertiary/aromatic N) is 2. The van der Waals surface area contributed by atoms with E-state index in [9.17, 15) is 0 Å². The van der Waals surface area contributed by atoms with Gasteiger partial charge in [-0.05, 0) is 61.8 Å². The van der Waals surface area contributed by atoms with Crippen LogP contribution in [-0.4, -0.2) is 44.7 Å². The molecule has 0 bridgehead atoms. The first kappa shape index (κ1) is 23.9. The van der Waals surface area contributed by atoms with E-state index >= 15 is 0 Å². The van der Waals surface area contributed by atoms with Gasteiger partial charge in [0, 0.05) is 29.2 Å². The number of hydrogen-bond donors (Lipinski definition) is 2. The van der Waals surface area contributed by atoms with Crippen LogP contribution in [0, 0.1) is 5.92 Å². The molecule has 3 heterocycles. The Bertz CT molecular complexity index is 1120. The van der Waals surface area contributed by atoms with Crippen molar-refractivity contribution in [1.82, 2.24) is 9.47 Å². The summed E-state index contributed by atoms with van der Waals surface area (Å²) in [5, 5.41) is 15.6. The minimum atomic E-state index is -1.82. The number of carbonyl (C=O) groups is 2. The van der Waals surface area contributed by atoms with E-state index in [1.165, 1.54) is 16.8 Å². The van der Waals surface area contributed by atoms with Gasteiger partial charge in [0.1, 0.15) is 11.9 Å². The molecule has 178 valence electrons. The van der Waals surface area contributed by atoms with E-state index in [4.69, 9.17) is 36.1 Å². The van der Waals surface area contributed by atoms with Crippen molar-refractivity contribution in [3.8, 4) is 5.75 Å². The van der Waals surface area contributed by atoms with Gasteiger partial charge in [-0.3, -0.25) is 4.90 Å². The van der Waals surface area contributed by atoms with Crippen LogP contribution in [0.3, 0.4) is 0 Å². The SMILES string of the molecule is Clc1ccc(CN2CCC(C3Oc4ccccc4Cn4cccc43)CC2)cc1.O=C(O)C(=O)O. The Kier molecular flexibility index (Phi) is 7.55. The molecule has 2 N–H and O–H groups in total. The van der Waals surface area contributed by atoms with Crippen molar-refractivity contribution in [3.05, 3.63) is 88.7 Å². The molecule has 1 unspecified atom stereocenters. The van der Waals surface area contributed by atoms with Crippen LogP contribution in [-0.2, 0) is 22.7 Å². The number of likely N-dealkylation sites (tertiary alicyclic amines) is 1. The molecular weight excluding hydrogens is 456 g/mol. The maximum atomic E-state index is 9.10. The third kappa shape index (κ3) is 5.79. The van der Waals surface area contributed by atoms with Gasteiger partial charge in [-0.15, -0.1) is 0 Å². The van der Waals surface area contributed by atoms with Crippen LogP contribution in [0.4, 0.5) is 0 Å². The standard InChI is InChI=1S/C24H25ClN2O.C2H2O4/c25-21-9-7-18(8-10-21)16-26-14-11-19(12-15-26)24-22-5-3-13-27(22)17-20-4-1-2-6-23(20)28-24;3-1(4)2(5)6/h1-10,13,19,24H,11-12,14-17H2;(H,3,4)(H,5,6). The fraction of sp³-hybridized carbons (Fsp3) is 0.308. The number of hydrogen-bond acceptors (Lipinski definition) is 4. The van der Waals surface area contributed by atoms with E-state index < -0.39 is 11.9 Å². The molecule has 1 aromatic heterocycles. The van der Waals surface area contributed by atoms with Crippen LogP contribution >= 0.6 is 11.6 Å². The van der Waals surface area contributed by atoms with Crippen LogP contribution in [0.5, 0.6) is 5.75 Å². The number of benzene rings is 2. The highest BCUT2D eigenvalue weighted by Crippen LogP contribution is 2.39. The molecule has 2 aliphatic heterocycles. The molecule has 8 heteroatoms. The monoisotopic (exact) mass is 482 g/mol. The molecule has 0 aliphatic carbocycles. The summed E-state index contributed by atoms with van der Waals surface area (Å²) in [4.78, 5) is 20.7. The highest BCUT2D eigenvalue weighted by Gasteiger charge is 2.33. The predicted octanol–water partition coefficient (Wildman–Crippen LogP) is 4.69. The molecule has 2 aliphatic rings. The average molecular weight is 483 g/mol. The summed E-state index contributed by atoms with van der Waals surface area (Å²) in [5.74, 6) is -2.06. The van der Waals surface area contributed by atoms with Crippen molar-refractivity contribution in [2.24, 2.45) is 5.92 Å². The van der Waals surface area contributed by atoms with Crippen LogP contribution in [0.25, 0.3) is 0 Å². The van der Waals surface area contributed by atoms with Gasteiger partial charge in [0.25, 0.3) is 0 Å². The lowest BCUT2D eigenvalue weighted by atomic mass is 9.89. The third-order valence-electron chi connectivity index (χ3n) is 6.29. The van der Waals surface area contributed by atoms with Gasteiger partial charge >= 0.3 is 11.9 Å². The quantitative estimate of drug-likeness (QED) is 0.526. The molecule has 1 fully saturated rings. The lowest BCUT2D eigenvalue weighted by molar-refractivity contribution is -0.159. The predicted molar refractivity (Wildman–Crippen MR) is 128 cm³/mol. The van der Waals surface area contributed by atoms with Crippen molar-refractivity contribution in [3.63, 3.8) is 0 Å². The summed E-state index contributed by atoms with van der Waals surface area (Å²) in [7, 11) is 0. The highest BCUT2D eigenvalue weighted by atomic mass is 35.5. The fourth-order valence-electron chi connectivity index (χ4n) is 4.56. The lowest BCUT2D eigenvalue weighted by Gasteiger charge is -2.36. The zero-order chi connectivity index (χ0) is 24.1. The van der Waals surface area contributed by atoms with Crippen molar-refractivity contribution in [1.29, 1.82) is 0 Å². The number of carboxylic acids is 2. The van der Waals surface area contributed by atoms with E-state index in [1.54, 1.807) is 0 Å². The zero-order valence-corrected chi connectivity index (χ0v) is 19.4.